The minimum absolute atomic E-state index is 0.00415. The van der Waals surface area contributed by atoms with Crippen LogP contribution >= 0.6 is 0 Å². The number of aliphatic imine (C=N–C) groups is 1. The Morgan fingerprint density at radius 1 is 0.966 bits per heavy atom. The van der Waals surface area contributed by atoms with E-state index in [1.165, 1.54) is 11.7 Å². The second kappa shape index (κ2) is 17.8. The number of amides is 3. The van der Waals surface area contributed by atoms with E-state index in [1.54, 1.807) is 49.9 Å². The molecule has 0 radical (unpaired) electrons. The molecule has 304 valence electrons. The molecule has 3 heterocycles. The lowest BCUT2D eigenvalue weighted by Gasteiger charge is -2.23. The third-order valence-corrected chi connectivity index (χ3v) is 9.70. The molecule has 6 rings (SSSR count). The maximum Gasteiger partial charge on any atom is 0.407 e. The van der Waals surface area contributed by atoms with Gasteiger partial charge in [-0.05, 0) is 77.1 Å². The quantitative estimate of drug-likeness (QED) is 0.102. The van der Waals surface area contributed by atoms with Crippen LogP contribution in [0.5, 0.6) is 0 Å². The summed E-state index contributed by atoms with van der Waals surface area (Å²) in [6.07, 6.45) is -0.702. The summed E-state index contributed by atoms with van der Waals surface area (Å²) in [5, 5.41) is 5.52. The van der Waals surface area contributed by atoms with Gasteiger partial charge in [-0.15, -0.1) is 0 Å². The zero-order valence-corrected chi connectivity index (χ0v) is 33.3. The minimum atomic E-state index is -1.37. The van der Waals surface area contributed by atoms with Gasteiger partial charge in [0.05, 0.1) is 35.8 Å². The van der Waals surface area contributed by atoms with Crippen molar-refractivity contribution < 1.29 is 38.2 Å². The molecular weight excluding hydrogens is 745 g/mol. The molecule has 3 aromatic carbocycles. The number of alkyl carbamates (subject to hydrolysis) is 1. The van der Waals surface area contributed by atoms with Crippen molar-refractivity contribution in [3.05, 3.63) is 105 Å². The molecule has 2 aliphatic heterocycles. The summed E-state index contributed by atoms with van der Waals surface area (Å²) in [6, 6.07) is 19.3. The third kappa shape index (κ3) is 9.59. The van der Waals surface area contributed by atoms with Crippen molar-refractivity contribution >= 4 is 52.1 Å². The Hall–Kier alpha value is -6.38. The summed E-state index contributed by atoms with van der Waals surface area (Å²) < 4.78 is 16.9. The average Bonchev–Trinajstić information content (AvgIpc) is 3.57. The van der Waals surface area contributed by atoms with Crippen molar-refractivity contribution in [1.29, 1.82) is 0 Å². The highest BCUT2D eigenvalue weighted by atomic mass is 16.6. The number of carbonyl (C=O) groups excluding carboxylic acids is 5. The average molecular weight is 793 g/mol. The number of nitrogens with one attached hydrogen (secondary N) is 2. The molecular formula is C43H48N6O9. The number of benzene rings is 3. The monoisotopic (exact) mass is 792 g/mol. The summed E-state index contributed by atoms with van der Waals surface area (Å²) in [5.41, 5.74) is 4.07. The smallest absolute Gasteiger partial charge is 0.407 e. The SMILES string of the molecule is COC(=O)C(CCCCNC(=O)OC(C)(C)C)NC(=O)CCC(=O)OCc1nc2ccccc2c(=O)n1C1N=C(c2ccccc2)c2cc(C)cc3c2N(CC3)C1=O. The van der Waals surface area contributed by atoms with Crippen molar-refractivity contribution in [3.8, 4) is 0 Å². The number of methoxy groups -OCH3 is 1. The van der Waals surface area contributed by atoms with Crippen LogP contribution in [0.25, 0.3) is 10.9 Å². The van der Waals surface area contributed by atoms with E-state index in [9.17, 15) is 28.8 Å². The van der Waals surface area contributed by atoms with E-state index < -0.39 is 59.8 Å². The van der Waals surface area contributed by atoms with E-state index >= 15 is 0 Å². The Balaban J connectivity index is 1.17. The van der Waals surface area contributed by atoms with Crippen LogP contribution < -0.4 is 21.1 Å². The number of aromatic nitrogens is 2. The first-order valence-electron chi connectivity index (χ1n) is 19.3. The number of hydrogen-bond donors (Lipinski definition) is 2. The van der Waals surface area contributed by atoms with Gasteiger partial charge < -0.3 is 29.7 Å². The molecule has 2 N–H and O–H groups in total. The lowest BCUT2D eigenvalue weighted by atomic mass is 9.96. The predicted molar refractivity (Wildman–Crippen MR) is 215 cm³/mol. The number of ether oxygens (including phenoxy) is 3. The van der Waals surface area contributed by atoms with Gasteiger partial charge in [0.15, 0.2) is 5.82 Å². The molecule has 58 heavy (non-hydrogen) atoms. The van der Waals surface area contributed by atoms with Crippen LogP contribution in [0.2, 0.25) is 0 Å². The number of carbonyl (C=O) groups is 5. The Morgan fingerprint density at radius 2 is 1.71 bits per heavy atom. The summed E-state index contributed by atoms with van der Waals surface area (Å²) in [5.74, 6) is -2.40. The van der Waals surface area contributed by atoms with Crippen molar-refractivity contribution in [2.45, 2.75) is 90.6 Å². The first kappa shape index (κ1) is 41.3. The Labute approximate surface area is 335 Å². The van der Waals surface area contributed by atoms with E-state index in [4.69, 9.17) is 19.2 Å². The highest BCUT2D eigenvalue weighted by molar-refractivity contribution is 6.20. The molecule has 1 aromatic heterocycles. The highest BCUT2D eigenvalue weighted by Gasteiger charge is 2.39. The number of unbranched alkanes of at least 4 members (excludes halogenated alkanes) is 1. The molecule has 0 saturated heterocycles. The van der Waals surface area contributed by atoms with Crippen LogP contribution in [0.1, 0.15) is 87.1 Å². The van der Waals surface area contributed by atoms with E-state index in [2.05, 4.69) is 21.7 Å². The van der Waals surface area contributed by atoms with Crippen LogP contribution in [-0.4, -0.2) is 77.0 Å². The predicted octanol–water partition coefficient (Wildman–Crippen LogP) is 4.82. The van der Waals surface area contributed by atoms with Gasteiger partial charge in [0.25, 0.3) is 11.5 Å². The minimum Gasteiger partial charge on any atom is -0.467 e. The van der Waals surface area contributed by atoms with Crippen molar-refractivity contribution in [2.75, 3.05) is 25.1 Å². The fourth-order valence-electron chi connectivity index (χ4n) is 7.10. The van der Waals surface area contributed by atoms with E-state index in [1.807, 2.05) is 43.3 Å². The second-order valence-electron chi connectivity index (χ2n) is 15.2. The summed E-state index contributed by atoms with van der Waals surface area (Å²) in [6.45, 7) is 7.51. The molecule has 0 aliphatic carbocycles. The summed E-state index contributed by atoms with van der Waals surface area (Å²) >= 11 is 0. The van der Waals surface area contributed by atoms with Crippen molar-refractivity contribution in [2.24, 2.45) is 4.99 Å². The number of hydrogen-bond acceptors (Lipinski definition) is 11. The molecule has 2 unspecified atom stereocenters. The number of anilines is 1. The summed E-state index contributed by atoms with van der Waals surface area (Å²) in [4.78, 5) is 90.6. The first-order valence-corrected chi connectivity index (χ1v) is 19.3. The number of esters is 2. The fraction of sp³-hybridized carbons (Fsp3) is 0.395. The Kier molecular flexibility index (Phi) is 12.7. The van der Waals surface area contributed by atoms with Gasteiger partial charge in [0.1, 0.15) is 18.2 Å². The van der Waals surface area contributed by atoms with Gasteiger partial charge >= 0.3 is 18.0 Å². The molecule has 2 aliphatic rings. The Morgan fingerprint density at radius 3 is 2.45 bits per heavy atom. The molecule has 15 heteroatoms. The first-order chi connectivity index (χ1) is 27.7. The second-order valence-corrected chi connectivity index (χ2v) is 15.2. The lowest BCUT2D eigenvalue weighted by molar-refractivity contribution is -0.147. The molecule has 15 nitrogen and oxygen atoms in total. The maximum absolute atomic E-state index is 14.5. The number of rotatable bonds is 14. The van der Waals surface area contributed by atoms with Crippen LogP contribution in [0.15, 0.2) is 76.5 Å². The maximum atomic E-state index is 14.5. The van der Waals surface area contributed by atoms with Crippen molar-refractivity contribution in [3.63, 3.8) is 0 Å². The van der Waals surface area contributed by atoms with Gasteiger partial charge in [0, 0.05) is 30.6 Å². The van der Waals surface area contributed by atoms with Crippen LogP contribution in [0.4, 0.5) is 10.5 Å². The van der Waals surface area contributed by atoms with E-state index in [0.717, 1.165) is 27.9 Å². The fourth-order valence-corrected chi connectivity index (χ4v) is 7.10. The molecule has 3 amide bonds. The molecule has 0 saturated carbocycles. The zero-order valence-electron chi connectivity index (χ0n) is 33.3. The van der Waals surface area contributed by atoms with Gasteiger partial charge in [-0.2, -0.15) is 0 Å². The summed E-state index contributed by atoms with van der Waals surface area (Å²) in [7, 11) is 1.21. The van der Waals surface area contributed by atoms with E-state index in [0.29, 0.717) is 43.6 Å². The standard InChI is InChI=1S/C43H48N6O9/c1-26-23-28-20-22-48-37(28)30(24-26)36(27-13-7-6-8-14-27)47-38(40(48)53)49-33(45-31-16-10-9-15-29(31)39(49)52)25-57-35(51)19-18-34(50)46-32(41(54)56-5)17-11-12-21-44-42(55)58-43(2,3)4/h6-10,13-16,23-24,32,38H,11-12,17-22,25H2,1-5H3,(H,44,55)(H,46,50). The third-order valence-electron chi connectivity index (χ3n) is 9.70. The van der Waals surface area contributed by atoms with Crippen LogP contribution in [0, 0.1) is 6.92 Å². The normalized spacial score (nSPS) is 15.2. The van der Waals surface area contributed by atoms with Gasteiger partial charge in [-0.1, -0.05) is 54.1 Å². The van der Waals surface area contributed by atoms with Crippen LogP contribution in [0.3, 0.4) is 0 Å². The number of fused-ring (bicyclic) bond motifs is 1. The van der Waals surface area contributed by atoms with Gasteiger partial charge in [-0.3, -0.25) is 23.7 Å². The molecule has 2 atom stereocenters. The zero-order chi connectivity index (χ0) is 41.6. The molecule has 4 aromatic rings. The number of para-hydroxylation sites is 1. The molecule has 0 fully saturated rings. The van der Waals surface area contributed by atoms with Gasteiger partial charge in [-0.25, -0.2) is 19.6 Å². The highest BCUT2D eigenvalue weighted by Crippen LogP contribution is 2.39. The van der Waals surface area contributed by atoms with Crippen LogP contribution in [-0.2, 0) is 46.4 Å². The molecule has 0 bridgehead atoms. The van der Waals surface area contributed by atoms with Gasteiger partial charge in [0.2, 0.25) is 12.1 Å². The van der Waals surface area contributed by atoms with E-state index in [-0.39, 0.29) is 30.5 Å². The number of aryl methyl sites for hydroxylation is 1. The largest absolute Gasteiger partial charge is 0.467 e. The number of nitrogens with zero attached hydrogens (tertiary/aromatic N) is 4. The molecule has 0 spiro atoms. The lowest BCUT2D eigenvalue weighted by Crippen LogP contribution is -2.41. The topological polar surface area (TPSA) is 188 Å². The Bertz CT molecular complexity index is 2310. The van der Waals surface area contributed by atoms with Crippen molar-refractivity contribution in [1.82, 2.24) is 20.2 Å².